The third-order valence-corrected chi connectivity index (χ3v) is 5.00. The third-order valence-electron chi connectivity index (χ3n) is 4.05. The Morgan fingerprint density at radius 1 is 1.29 bits per heavy atom. The Morgan fingerprint density at radius 2 is 2.00 bits per heavy atom. The summed E-state index contributed by atoms with van der Waals surface area (Å²) >= 11 is 1.89. The van der Waals surface area contributed by atoms with Crippen LogP contribution in [0.25, 0.3) is 10.9 Å². The number of aromatic nitrogens is 1. The number of rotatable bonds is 3. The zero-order valence-corrected chi connectivity index (χ0v) is 12.9. The molecule has 0 saturated carbocycles. The fraction of sp³-hybridized carbons (Fsp3) is 0.375. The molecule has 4 nitrogen and oxygen atoms in total. The fourth-order valence-corrected chi connectivity index (χ4v) is 3.76. The molecule has 1 saturated heterocycles. The lowest BCUT2D eigenvalue weighted by molar-refractivity contribution is -0.131. The summed E-state index contributed by atoms with van der Waals surface area (Å²) in [7, 11) is 0. The second-order valence-corrected chi connectivity index (χ2v) is 6.44. The Kier molecular flexibility index (Phi) is 4.01. The minimum atomic E-state index is 0.136. The molecule has 0 spiro atoms. The molecule has 0 bridgehead atoms. The predicted molar refractivity (Wildman–Crippen MR) is 86.0 cm³/mol. The lowest BCUT2D eigenvalue weighted by Gasteiger charge is -2.27. The van der Waals surface area contributed by atoms with Gasteiger partial charge in [0.05, 0.1) is 0 Å². The van der Waals surface area contributed by atoms with Gasteiger partial charge in [0, 0.05) is 46.8 Å². The number of amides is 1. The Balaban J connectivity index is 1.95. The first-order chi connectivity index (χ1) is 10.2. The number of para-hydroxylation sites is 1. The molecule has 5 heteroatoms. The van der Waals surface area contributed by atoms with Crippen LogP contribution in [0.15, 0.2) is 24.3 Å². The summed E-state index contributed by atoms with van der Waals surface area (Å²) in [5.74, 6) is 2.16. The number of thioether (sulfide) groups is 1. The number of nitrogens with zero attached hydrogens (tertiary/aromatic N) is 2. The minimum absolute atomic E-state index is 0.136. The van der Waals surface area contributed by atoms with Crippen LogP contribution in [0.2, 0.25) is 0 Å². The lowest BCUT2D eigenvalue weighted by Crippen LogP contribution is -2.39. The average molecular weight is 302 g/mol. The van der Waals surface area contributed by atoms with Crippen LogP contribution in [0, 0.1) is 6.92 Å². The van der Waals surface area contributed by atoms with Crippen LogP contribution >= 0.6 is 11.8 Å². The van der Waals surface area contributed by atoms with Crippen molar-refractivity contribution in [3.05, 3.63) is 35.5 Å². The number of hydrogen-bond donors (Lipinski definition) is 0. The van der Waals surface area contributed by atoms with Gasteiger partial charge in [0.25, 0.3) is 0 Å². The molecule has 1 aliphatic heterocycles. The van der Waals surface area contributed by atoms with Crippen LogP contribution in [-0.2, 0) is 11.3 Å². The van der Waals surface area contributed by atoms with Crippen molar-refractivity contribution in [3.8, 4) is 0 Å². The van der Waals surface area contributed by atoms with Crippen LogP contribution < -0.4 is 0 Å². The second kappa shape index (κ2) is 5.93. The third kappa shape index (κ3) is 2.58. The molecule has 1 fully saturated rings. The second-order valence-electron chi connectivity index (χ2n) is 5.21. The number of carbonyl (C=O) groups excluding carboxylic acids is 2. The van der Waals surface area contributed by atoms with Crippen LogP contribution in [0.4, 0.5) is 0 Å². The van der Waals surface area contributed by atoms with E-state index in [4.69, 9.17) is 0 Å². The largest absolute Gasteiger partial charge is 0.339 e. The normalized spacial score (nSPS) is 15.4. The van der Waals surface area contributed by atoms with E-state index in [-0.39, 0.29) is 5.91 Å². The van der Waals surface area contributed by atoms with Gasteiger partial charge >= 0.3 is 0 Å². The Labute approximate surface area is 128 Å². The Morgan fingerprint density at radius 3 is 2.71 bits per heavy atom. The zero-order chi connectivity index (χ0) is 14.8. The van der Waals surface area contributed by atoms with Gasteiger partial charge in [-0.2, -0.15) is 11.8 Å². The maximum Gasteiger partial charge on any atom is 0.242 e. The average Bonchev–Trinajstić information content (AvgIpc) is 2.80. The summed E-state index contributed by atoms with van der Waals surface area (Å²) in [4.78, 5) is 25.7. The molecule has 1 aromatic heterocycles. The molecule has 2 aromatic rings. The summed E-state index contributed by atoms with van der Waals surface area (Å²) in [5.41, 5.74) is 2.51. The molecule has 0 radical (unpaired) electrons. The zero-order valence-electron chi connectivity index (χ0n) is 12.0. The van der Waals surface area contributed by atoms with Crippen molar-refractivity contribution in [3.63, 3.8) is 0 Å². The molecule has 1 aliphatic rings. The number of fused-ring (bicyclic) bond motifs is 1. The van der Waals surface area contributed by atoms with E-state index in [0.29, 0.717) is 12.1 Å². The summed E-state index contributed by atoms with van der Waals surface area (Å²) in [6.07, 6.45) is 0.885. The lowest BCUT2D eigenvalue weighted by atomic mass is 10.1. The van der Waals surface area contributed by atoms with E-state index in [1.807, 2.05) is 52.4 Å². The highest BCUT2D eigenvalue weighted by Crippen LogP contribution is 2.24. The number of aldehydes is 1. The van der Waals surface area contributed by atoms with Gasteiger partial charge in [-0.3, -0.25) is 9.59 Å². The van der Waals surface area contributed by atoms with Crippen molar-refractivity contribution in [1.82, 2.24) is 9.47 Å². The first kappa shape index (κ1) is 14.2. The molecule has 1 amide bonds. The molecule has 0 unspecified atom stereocenters. The van der Waals surface area contributed by atoms with Gasteiger partial charge in [0.15, 0.2) is 6.29 Å². The Hall–Kier alpha value is -1.75. The molecule has 0 atom stereocenters. The molecule has 1 aromatic carbocycles. The van der Waals surface area contributed by atoms with Crippen molar-refractivity contribution < 1.29 is 9.59 Å². The van der Waals surface area contributed by atoms with Gasteiger partial charge in [0.2, 0.25) is 5.91 Å². The van der Waals surface area contributed by atoms with Gasteiger partial charge in [-0.25, -0.2) is 0 Å². The molecule has 2 heterocycles. The standard InChI is InChI=1S/C16H18N2O2S/c1-12-14(11-19)13-4-2-3-5-15(13)18(12)10-16(20)17-6-8-21-9-7-17/h2-5,11H,6-10H2,1H3. The number of carbonyl (C=O) groups is 2. The molecule has 110 valence electrons. The van der Waals surface area contributed by atoms with Gasteiger partial charge in [-0.15, -0.1) is 0 Å². The number of hydrogen-bond acceptors (Lipinski definition) is 3. The van der Waals surface area contributed by atoms with Gasteiger partial charge in [-0.05, 0) is 13.0 Å². The van der Waals surface area contributed by atoms with E-state index < -0.39 is 0 Å². The van der Waals surface area contributed by atoms with Crippen LogP contribution in [0.5, 0.6) is 0 Å². The quantitative estimate of drug-likeness (QED) is 0.817. The highest BCUT2D eigenvalue weighted by molar-refractivity contribution is 7.99. The van der Waals surface area contributed by atoms with Crippen LogP contribution in [-0.4, -0.2) is 46.3 Å². The molecule has 3 rings (SSSR count). The van der Waals surface area contributed by atoms with Crippen molar-refractivity contribution in [2.45, 2.75) is 13.5 Å². The monoisotopic (exact) mass is 302 g/mol. The van der Waals surface area contributed by atoms with Gasteiger partial charge in [-0.1, -0.05) is 18.2 Å². The van der Waals surface area contributed by atoms with E-state index in [1.54, 1.807) is 0 Å². The van der Waals surface area contributed by atoms with Crippen LogP contribution in [0.1, 0.15) is 16.1 Å². The van der Waals surface area contributed by atoms with Crippen molar-refractivity contribution in [2.75, 3.05) is 24.6 Å². The SMILES string of the molecule is Cc1c(C=O)c2ccccc2n1CC(=O)N1CCSCC1. The Bertz CT molecular complexity index is 687. The van der Waals surface area contributed by atoms with Crippen molar-refractivity contribution in [2.24, 2.45) is 0 Å². The molecular formula is C16H18N2O2S. The van der Waals surface area contributed by atoms with E-state index in [0.717, 1.165) is 47.5 Å². The highest BCUT2D eigenvalue weighted by Gasteiger charge is 2.20. The summed E-state index contributed by atoms with van der Waals surface area (Å²) in [6.45, 7) is 3.86. The number of benzene rings is 1. The maximum absolute atomic E-state index is 12.5. The minimum Gasteiger partial charge on any atom is -0.339 e. The van der Waals surface area contributed by atoms with Crippen molar-refractivity contribution >= 4 is 34.9 Å². The molecule has 21 heavy (non-hydrogen) atoms. The summed E-state index contributed by atoms with van der Waals surface area (Å²) < 4.78 is 1.96. The van der Waals surface area contributed by atoms with Crippen molar-refractivity contribution in [1.29, 1.82) is 0 Å². The van der Waals surface area contributed by atoms with E-state index in [9.17, 15) is 9.59 Å². The topological polar surface area (TPSA) is 42.3 Å². The van der Waals surface area contributed by atoms with E-state index in [1.165, 1.54) is 0 Å². The molecular weight excluding hydrogens is 284 g/mol. The highest BCUT2D eigenvalue weighted by atomic mass is 32.2. The fourth-order valence-electron chi connectivity index (χ4n) is 2.86. The van der Waals surface area contributed by atoms with E-state index in [2.05, 4.69) is 0 Å². The maximum atomic E-state index is 12.5. The first-order valence-corrected chi connectivity index (χ1v) is 8.26. The first-order valence-electron chi connectivity index (χ1n) is 7.11. The van der Waals surface area contributed by atoms with Crippen LogP contribution in [0.3, 0.4) is 0 Å². The van der Waals surface area contributed by atoms with Gasteiger partial charge < -0.3 is 9.47 Å². The summed E-state index contributed by atoms with van der Waals surface area (Å²) in [5, 5.41) is 0.923. The van der Waals surface area contributed by atoms with E-state index >= 15 is 0 Å². The molecule has 0 aliphatic carbocycles. The van der Waals surface area contributed by atoms with Gasteiger partial charge in [0.1, 0.15) is 6.54 Å². The summed E-state index contributed by atoms with van der Waals surface area (Å²) in [6, 6.07) is 7.76. The predicted octanol–water partition coefficient (Wildman–Crippen LogP) is 2.34. The molecule has 0 N–H and O–H groups in total. The smallest absolute Gasteiger partial charge is 0.242 e.